The maximum Gasteiger partial charge on any atom is 0.514 e. The smallest absolute Gasteiger partial charge is 0.429 e. The molecule has 0 aliphatic heterocycles. The number of benzene rings is 3. The van der Waals surface area contributed by atoms with Crippen molar-refractivity contribution in [3.05, 3.63) is 100 Å². The van der Waals surface area contributed by atoms with Crippen LogP contribution in [0.5, 0.6) is 5.75 Å². The number of nitrogens with zero attached hydrogens (tertiary/aromatic N) is 1. The minimum Gasteiger partial charge on any atom is -0.429 e. The van der Waals surface area contributed by atoms with Gasteiger partial charge in [0.25, 0.3) is 5.69 Å². The van der Waals surface area contributed by atoms with Gasteiger partial charge in [-0.1, -0.05) is 42.5 Å². The van der Waals surface area contributed by atoms with Crippen molar-refractivity contribution in [2.24, 2.45) is 11.7 Å². The number of urea groups is 1. The highest BCUT2D eigenvalue weighted by Crippen LogP contribution is 2.28. The predicted octanol–water partition coefficient (Wildman–Crippen LogP) is 0.940. The van der Waals surface area contributed by atoms with Crippen molar-refractivity contribution >= 4 is 47.2 Å². The quantitative estimate of drug-likeness (QED) is 0.0199. The molecule has 0 heterocycles. The summed E-state index contributed by atoms with van der Waals surface area (Å²) in [7, 11) is 0. The molecule has 22 heteroatoms. The van der Waals surface area contributed by atoms with Gasteiger partial charge in [-0.2, -0.15) is 0 Å². The largest absolute Gasteiger partial charge is 0.514 e. The average molecular weight is 910 g/mol. The third-order valence-electron chi connectivity index (χ3n) is 10.1. The van der Waals surface area contributed by atoms with Crippen LogP contribution in [0.2, 0.25) is 0 Å². The number of ether oxygens (including phenoxy) is 4. The molecule has 6 amide bonds. The van der Waals surface area contributed by atoms with E-state index in [4.69, 9.17) is 24.7 Å². The second-order valence-corrected chi connectivity index (χ2v) is 15.0. The molecule has 0 bridgehead atoms. The van der Waals surface area contributed by atoms with Crippen LogP contribution in [0.15, 0.2) is 78.9 Å². The van der Waals surface area contributed by atoms with Gasteiger partial charge in [0.05, 0.1) is 43.0 Å². The SMILES string of the molecule is CC(=O)NC1C(OCCOCCC(=O)NC(Cc2ccccc2)C(=O)NC(CCCNC(N)=O)C(=O)Nc2ccc(COC(=O)Oc3ccc([N+](=O)[O-])cc3)cc2)CC(CO)C(O)C1O. The van der Waals surface area contributed by atoms with E-state index in [1.165, 1.54) is 31.2 Å². The number of rotatable bonds is 24. The van der Waals surface area contributed by atoms with Crippen molar-refractivity contribution in [2.45, 2.75) is 82.1 Å². The summed E-state index contributed by atoms with van der Waals surface area (Å²) in [6, 6.07) is 16.0. The number of primary amides is 1. The van der Waals surface area contributed by atoms with Crippen molar-refractivity contribution in [2.75, 3.05) is 38.3 Å². The number of nitro groups is 1. The van der Waals surface area contributed by atoms with Crippen LogP contribution >= 0.6 is 0 Å². The number of non-ortho nitro benzene ring substituents is 1. The Balaban J connectivity index is 1.32. The molecule has 4 rings (SSSR count). The van der Waals surface area contributed by atoms with Crippen LogP contribution < -0.4 is 37.1 Å². The van der Waals surface area contributed by atoms with Gasteiger partial charge in [0.15, 0.2) is 0 Å². The minimum absolute atomic E-state index is 0.00353. The number of hydrogen-bond donors (Lipinski definition) is 9. The van der Waals surface area contributed by atoms with E-state index < -0.39 is 89.7 Å². The molecule has 3 aromatic carbocycles. The number of aliphatic hydroxyl groups excluding tert-OH is 3. The Labute approximate surface area is 373 Å². The molecule has 0 radical (unpaired) electrons. The molecule has 7 atom stereocenters. The molecule has 3 aromatic rings. The fraction of sp³-hybridized carbons (Fsp3) is 0.442. The minimum atomic E-state index is -1.36. The normalized spacial score (nSPS) is 18.8. The van der Waals surface area contributed by atoms with E-state index >= 15 is 0 Å². The third kappa shape index (κ3) is 17.4. The summed E-state index contributed by atoms with van der Waals surface area (Å²) in [5, 5.41) is 54.5. The summed E-state index contributed by atoms with van der Waals surface area (Å²) in [6.07, 6.45) is -4.01. The highest BCUT2D eigenvalue weighted by molar-refractivity contribution is 5.98. The fourth-order valence-electron chi connectivity index (χ4n) is 6.79. The molecule has 1 saturated carbocycles. The number of anilines is 1. The highest BCUT2D eigenvalue weighted by Gasteiger charge is 2.44. The van der Waals surface area contributed by atoms with Gasteiger partial charge in [0.1, 0.15) is 30.5 Å². The average Bonchev–Trinajstić information content (AvgIpc) is 3.27. The molecule has 22 nitrogen and oxygen atoms in total. The number of hydrogen-bond acceptors (Lipinski definition) is 15. The van der Waals surface area contributed by atoms with Crippen molar-refractivity contribution in [1.82, 2.24) is 21.3 Å². The molecule has 0 spiro atoms. The zero-order chi connectivity index (χ0) is 47.3. The van der Waals surface area contributed by atoms with E-state index in [-0.39, 0.29) is 76.5 Å². The standard InChI is InChI=1S/C43H55N7O15/c1-26(52)46-37-35(23-29(24-51)38(54)39(37)55)63-21-20-62-19-17-36(53)48-34(22-27-6-3-2-4-7-27)41(57)49-33(8-5-18-45-42(44)58)40(56)47-30-11-9-28(10-12-30)25-64-43(59)65-32-15-13-31(14-16-32)50(60)61/h2-4,6-7,9-16,29,33-35,37-39,51,54-55H,5,8,17-25H2,1H3,(H,46,52)(H,47,56)(H,48,53)(H,49,57)(H3,44,45,58). The summed E-state index contributed by atoms with van der Waals surface area (Å²) in [4.78, 5) is 86.1. The summed E-state index contributed by atoms with van der Waals surface area (Å²) in [6.45, 7) is 0.735. The monoisotopic (exact) mass is 909 g/mol. The lowest BCUT2D eigenvalue weighted by molar-refractivity contribution is -0.384. The van der Waals surface area contributed by atoms with Crippen molar-refractivity contribution in [1.29, 1.82) is 0 Å². The second kappa shape index (κ2) is 26.2. The number of carbonyl (C=O) groups excluding carboxylic acids is 6. The summed E-state index contributed by atoms with van der Waals surface area (Å²) >= 11 is 0. The van der Waals surface area contributed by atoms with E-state index in [0.29, 0.717) is 11.3 Å². The maximum absolute atomic E-state index is 13.9. The topological polar surface area (TPSA) is 329 Å². The molecular formula is C43H55N7O15. The van der Waals surface area contributed by atoms with Crippen LogP contribution in [-0.2, 0) is 46.4 Å². The Hall–Kier alpha value is -6.72. The van der Waals surface area contributed by atoms with E-state index in [2.05, 4.69) is 26.6 Å². The van der Waals surface area contributed by atoms with Crippen LogP contribution in [0.1, 0.15) is 43.7 Å². The van der Waals surface area contributed by atoms with Gasteiger partial charge >= 0.3 is 12.2 Å². The zero-order valence-electron chi connectivity index (χ0n) is 35.6. The van der Waals surface area contributed by atoms with Crippen LogP contribution in [0.4, 0.5) is 21.0 Å². The summed E-state index contributed by atoms with van der Waals surface area (Å²) < 4.78 is 21.6. The Kier molecular flexibility index (Phi) is 20.5. The molecule has 10 N–H and O–H groups in total. The summed E-state index contributed by atoms with van der Waals surface area (Å²) in [5.41, 5.74) is 6.60. The zero-order valence-corrected chi connectivity index (χ0v) is 35.6. The molecule has 0 saturated heterocycles. The van der Waals surface area contributed by atoms with Crippen LogP contribution in [0, 0.1) is 16.0 Å². The maximum atomic E-state index is 13.9. The Morgan fingerprint density at radius 2 is 1.57 bits per heavy atom. The molecular weight excluding hydrogens is 855 g/mol. The van der Waals surface area contributed by atoms with Crippen LogP contribution in [0.3, 0.4) is 0 Å². The second-order valence-electron chi connectivity index (χ2n) is 15.0. The van der Waals surface area contributed by atoms with Gasteiger partial charge in [-0.15, -0.1) is 0 Å². The fourth-order valence-corrected chi connectivity index (χ4v) is 6.79. The lowest BCUT2D eigenvalue weighted by Gasteiger charge is -2.42. The van der Waals surface area contributed by atoms with Gasteiger partial charge in [0, 0.05) is 56.7 Å². The Morgan fingerprint density at radius 1 is 0.862 bits per heavy atom. The summed E-state index contributed by atoms with van der Waals surface area (Å²) in [5.74, 6) is -2.86. The van der Waals surface area contributed by atoms with Crippen molar-refractivity contribution in [3.8, 4) is 5.75 Å². The van der Waals surface area contributed by atoms with Gasteiger partial charge in [-0.25, -0.2) is 9.59 Å². The van der Waals surface area contributed by atoms with Gasteiger partial charge in [-0.3, -0.25) is 29.3 Å². The van der Waals surface area contributed by atoms with E-state index in [1.54, 1.807) is 54.6 Å². The van der Waals surface area contributed by atoms with Gasteiger partial charge < -0.3 is 66.6 Å². The first-order chi connectivity index (χ1) is 31.1. The van der Waals surface area contributed by atoms with Gasteiger partial charge in [0.2, 0.25) is 23.6 Å². The lowest BCUT2D eigenvalue weighted by Crippen LogP contribution is -2.61. The molecule has 1 aliphatic carbocycles. The van der Waals surface area contributed by atoms with Crippen LogP contribution in [0.25, 0.3) is 0 Å². The number of nitro benzene ring substituents is 1. The molecule has 65 heavy (non-hydrogen) atoms. The first-order valence-corrected chi connectivity index (χ1v) is 20.7. The van der Waals surface area contributed by atoms with Crippen molar-refractivity contribution < 1.29 is 68.0 Å². The number of aliphatic hydroxyl groups is 3. The Bertz CT molecular complexity index is 2040. The van der Waals surface area contributed by atoms with E-state index in [9.17, 15) is 54.2 Å². The molecule has 0 aromatic heterocycles. The first-order valence-electron chi connectivity index (χ1n) is 20.7. The highest BCUT2D eigenvalue weighted by atomic mass is 16.7. The van der Waals surface area contributed by atoms with E-state index in [1.807, 2.05) is 0 Å². The molecule has 1 aliphatic rings. The first kappa shape index (κ1) is 50.9. The number of nitrogens with two attached hydrogens (primary N) is 1. The number of carbonyl (C=O) groups is 6. The number of nitrogens with one attached hydrogen (secondary N) is 5. The predicted molar refractivity (Wildman–Crippen MR) is 230 cm³/mol. The molecule has 7 unspecified atom stereocenters. The van der Waals surface area contributed by atoms with Crippen molar-refractivity contribution in [3.63, 3.8) is 0 Å². The third-order valence-corrected chi connectivity index (χ3v) is 10.1. The lowest BCUT2D eigenvalue weighted by atomic mass is 9.79. The number of amides is 6. The Morgan fingerprint density at radius 3 is 2.22 bits per heavy atom. The van der Waals surface area contributed by atoms with Gasteiger partial charge in [-0.05, 0) is 54.7 Å². The van der Waals surface area contributed by atoms with Crippen LogP contribution in [-0.4, -0.2) is 125 Å². The van der Waals surface area contributed by atoms with E-state index in [0.717, 1.165) is 5.56 Å². The molecule has 1 fully saturated rings. The molecule has 352 valence electrons.